The van der Waals surface area contributed by atoms with E-state index in [-0.39, 0.29) is 0 Å². The van der Waals surface area contributed by atoms with E-state index in [9.17, 15) is 0 Å². The molecule has 0 aromatic heterocycles. The molecular formula is C21H27N3. The van der Waals surface area contributed by atoms with Crippen molar-refractivity contribution in [2.45, 2.75) is 32.7 Å². The normalized spacial score (nSPS) is 16.8. The van der Waals surface area contributed by atoms with Crippen molar-refractivity contribution in [2.24, 2.45) is 5.73 Å². The summed E-state index contributed by atoms with van der Waals surface area (Å²) >= 11 is 0. The van der Waals surface area contributed by atoms with Crippen LogP contribution in [-0.2, 0) is 6.54 Å². The molecule has 126 valence electrons. The van der Waals surface area contributed by atoms with Gasteiger partial charge < -0.3 is 16.0 Å². The molecule has 0 bridgehead atoms. The number of anilines is 1. The van der Waals surface area contributed by atoms with Crippen LogP contribution in [0.25, 0.3) is 11.4 Å². The maximum absolute atomic E-state index is 6.63. The van der Waals surface area contributed by atoms with Crippen molar-refractivity contribution in [3.8, 4) is 0 Å². The Bertz CT molecular complexity index is 733. The second-order valence-corrected chi connectivity index (χ2v) is 6.45. The Balaban J connectivity index is 2.08. The van der Waals surface area contributed by atoms with Crippen molar-refractivity contribution >= 4 is 17.1 Å². The Kier molecular flexibility index (Phi) is 5.09. The second kappa shape index (κ2) is 7.43. The minimum absolute atomic E-state index is 0.850. The predicted molar refractivity (Wildman–Crippen MR) is 104 cm³/mol. The third kappa shape index (κ3) is 3.25. The van der Waals surface area contributed by atoms with E-state index in [0.717, 1.165) is 36.5 Å². The van der Waals surface area contributed by atoms with Gasteiger partial charge in [0.1, 0.15) is 0 Å². The van der Waals surface area contributed by atoms with E-state index in [1.165, 1.54) is 29.7 Å². The van der Waals surface area contributed by atoms with Gasteiger partial charge in [0.05, 0.1) is 11.4 Å². The molecule has 0 saturated carbocycles. The molecule has 0 radical (unpaired) electrons. The van der Waals surface area contributed by atoms with Crippen molar-refractivity contribution in [3.05, 3.63) is 65.2 Å². The van der Waals surface area contributed by atoms with E-state index in [1.807, 2.05) is 0 Å². The van der Waals surface area contributed by atoms with Crippen LogP contribution in [0.15, 0.2) is 48.5 Å². The summed E-state index contributed by atoms with van der Waals surface area (Å²) in [7, 11) is 2.14. The lowest BCUT2D eigenvalue weighted by Gasteiger charge is -2.29. The number of fused-ring (bicyclic) bond motifs is 2. The van der Waals surface area contributed by atoms with E-state index in [4.69, 9.17) is 5.73 Å². The summed E-state index contributed by atoms with van der Waals surface area (Å²) in [5.74, 6) is 0. The van der Waals surface area contributed by atoms with Crippen molar-refractivity contribution < 1.29 is 0 Å². The molecule has 2 aromatic carbocycles. The van der Waals surface area contributed by atoms with Crippen LogP contribution in [0.4, 0.5) is 5.69 Å². The van der Waals surface area contributed by atoms with E-state index < -0.39 is 0 Å². The summed E-state index contributed by atoms with van der Waals surface area (Å²) in [4.78, 5) is 2.30. The summed E-state index contributed by atoms with van der Waals surface area (Å²) in [6.07, 6.45) is 3.61. The number of rotatable bonds is 5. The van der Waals surface area contributed by atoms with E-state index in [1.54, 1.807) is 0 Å². The second-order valence-electron chi connectivity index (χ2n) is 6.45. The minimum Gasteiger partial charge on any atom is -0.397 e. The molecule has 0 fully saturated rings. The average molecular weight is 321 g/mol. The fourth-order valence-corrected chi connectivity index (χ4v) is 3.34. The third-order valence-electron chi connectivity index (χ3n) is 4.65. The molecule has 3 rings (SSSR count). The first kappa shape index (κ1) is 16.4. The van der Waals surface area contributed by atoms with Crippen molar-refractivity contribution in [1.82, 2.24) is 5.32 Å². The van der Waals surface area contributed by atoms with Crippen LogP contribution < -0.4 is 16.0 Å². The van der Waals surface area contributed by atoms with Crippen LogP contribution in [0.5, 0.6) is 0 Å². The molecule has 1 heterocycles. The number of hydrogen-bond acceptors (Lipinski definition) is 3. The van der Waals surface area contributed by atoms with Crippen LogP contribution in [0.2, 0.25) is 0 Å². The summed E-state index contributed by atoms with van der Waals surface area (Å²) < 4.78 is 0. The van der Waals surface area contributed by atoms with E-state index in [0.29, 0.717) is 0 Å². The number of hydrogen-bond donors (Lipinski definition) is 2. The summed E-state index contributed by atoms with van der Waals surface area (Å²) in [5.41, 5.74) is 13.3. The van der Waals surface area contributed by atoms with Gasteiger partial charge in [0.2, 0.25) is 0 Å². The van der Waals surface area contributed by atoms with Gasteiger partial charge in [0.15, 0.2) is 0 Å². The maximum atomic E-state index is 6.63. The first-order valence-corrected chi connectivity index (χ1v) is 8.84. The molecule has 0 aliphatic carbocycles. The summed E-state index contributed by atoms with van der Waals surface area (Å²) in [6, 6.07) is 16.9. The zero-order valence-electron chi connectivity index (χ0n) is 14.7. The van der Waals surface area contributed by atoms with Gasteiger partial charge in [-0.05, 0) is 18.1 Å². The molecule has 3 heteroatoms. The summed E-state index contributed by atoms with van der Waals surface area (Å²) in [6.45, 7) is 4.03. The first-order chi connectivity index (χ1) is 11.7. The quantitative estimate of drug-likeness (QED) is 0.811. The highest BCUT2D eigenvalue weighted by atomic mass is 15.1. The zero-order chi connectivity index (χ0) is 16.9. The lowest BCUT2D eigenvalue weighted by Crippen LogP contribution is -2.26. The lowest BCUT2D eigenvalue weighted by atomic mass is 9.96. The number of para-hydroxylation sites is 1. The SMILES string of the molecule is CCCCCN/C1=C(\N)c2ccccc2CN(C)c2ccccc21. The smallest absolute Gasteiger partial charge is 0.0674 e. The molecule has 0 unspecified atom stereocenters. The fourth-order valence-electron chi connectivity index (χ4n) is 3.34. The largest absolute Gasteiger partial charge is 0.397 e. The van der Waals surface area contributed by atoms with Gasteiger partial charge in [-0.1, -0.05) is 62.2 Å². The highest BCUT2D eigenvalue weighted by molar-refractivity contribution is 5.93. The Hall–Kier alpha value is -2.42. The highest BCUT2D eigenvalue weighted by Crippen LogP contribution is 2.33. The fraction of sp³-hybridized carbons (Fsp3) is 0.333. The van der Waals surface area contributed by atoms with Gasteiger partial charge in [-0.25, -0.2) is 0 Å². The Labute approximate surface area is 145 Å². The number of nitrogens with one attached hydrogen (secondary N) is 1. The maximum Gasteiger partial charge on any atom is 0.0674 e. The van der Waals surface area contributed by atoms with Gasteiger partial charge in [0, 0.05) is 37.0 Å². The first-order valence-electron chi connectivity index (χ1n) is 8.84. The van der Waals surface area contributed by atoms with Crippen LogP contribution in [-0.4, -0.2) is 13.6 Å². The molecule has 0 saturated heterocycles. The molecule has 3 nitrogen and oxygen atoms in total. The van der Waals surface area contributed by atoms with Gasteiger partial charge in [0.25, 0.3) is 0 Å². The van der Waals surface area contributed by atoms with Gasteiger partial charge in [-0.15, -0.1) is 0 Å². The molecule has 3 N–H and O–H groups in total. The molecule has 0 spiro atoms. The summed E-state index contributed by atoms with van der Waals surface area (Å²) in [5, 5.41) is 3.62. The van der Waals surface area contributed by atoms with Crippen molar-refractivity contribution in [2.75, 3.05) is 18.5 Å². The highest BCUT2D eigenvalue weighted by Gasteiger charge is 2.20. The molecule has 24 heavy (non-hydrogen) atoms. The standard InChI is InChI=1S/C21H27N3/c1-3-4-9-14-23-21-18-12-7-8-13-19(18)24(2)15-16-10-5-6-11-17(16)20(21)22/h5-8,10-13,23H,3-4,9,14-15,22H2,1-2H3/b21-20-. The van der Waals surface area contributed by atoms with Crippen LogP contribution in [0, 0.1) is 0 Å². The molecule has 1 aliphatic heterocycles. The average Bonchev–Trinajstić information content (AvgIpc) is 2.61. The van der Waals surface area contributed by atoms with Gasteiger partial charge >= 0.3 is 0 Å². The van der Waals surface area contributed by atoms with Gasteiger partial charge in [-0.3, -0.25) is 0 Å². The van der Waals surface area contributed by atoms with Crippen LogP contribution >= 0.6 is 0 Å². The van der Waals surface area contributed by atoms with Crippen molar-refractivity contribution in [1.29, 1.82) is 0 Å². The van der Waals surface area contributed by atoms with Crippen LogP contribution in [0.3, 0.4) is 0 Å². The minimum atomic E-state index is 0.850. The Morgan fingerprint density at radius 3 is 2.50 bits per heavy atom. The molecule has 1 aliphatic rings. The van der Waals surface area contributed by atoms with Crippen molar-refractivity contribution in [3.63, 3.8) is 0 Å². The molecule has 0 atom stereocenters. The number of benzene rings is 2. The number of nitrogens with zero attached hydrogens (tertiary/aromatic N) is 1. The molecular weight excluding hydrogens is 294 g/mol. The Morgan fingerprint density at radius 1 is 1.00 bits per heavy atom. The Morgan fingerprint density at radius 2 is 1.71 bits per heavy atom. The zero-order valence-corrected chi connectivity index (χ0v) is 14.7. The third-order valence-corrected chi connectivity index (χ3v) is 4.65. The number of nitrogens with two attached hydrogens (primary N) is 1. The predicted octanol–water partition coefficient (Wildman–Crippen LogP) is 4.20. The number of unbranched alkanes of at least 4 members (excludes halogenated alkanes) is 2. The lowest BCUT2D eigenvalue weighted by molar-refractivity contribution is 0.689. The molecule has 0 amide bonds. The van der Waals surface area contributed by atoms with E-state index >= 15 is 0 Å². The topological polar surface area (TPSA) is 41.3 Å². The van der Waals surface area contributed by atoms with Gasteiger partial charge in [-0.2, -0.15) is 0 Å². The van der Waals surface area contributed by atoms with Crippen LogP contribution in [0.1, 0.15) is 42.9 Å². The molecule has 2 aromatic rings. The van der Waals surface area contributed by atoms with E-state index in [2.05, 4.69) is 72.7 Å². The monoisotopic (exact) mass is 321 g/mol.